The number of furan rings is 1. The van der Waals surface area contributed by atoms with Crippen LogP contribution in [0.1, 0.15) is 0 Å². The third-order valence-corrected chi connectivity index (χ3v) is 11.9. The Balaban J connectivity index is 1.07. The Morgan fingerprint density at radius 3 is 1.93 bits per heavy atom. The first-order valence-electron chi connectivity index (χ1n) is 19.9. The number of hydrogen-bond donors (Lipinski definition) is 0. The highest BCUT2D eigenvalue weighted by molar-refractivity contribution is 6.19. The van der Waals surface area contributed by atoms with E-state index in [-0.39, 0.29) is 0 Å². The number of hydrogen-bond acceptors (Lipinski definition) is 4. The molecule has 0 fully saturated rings. The Kier molecular flexibility index (Phi) is 6.63. The quantitative estimate of drug-likeness (QED) is 0.168. The van der Waals surface area contributed by atoms with Crippen LogP contribution in [0.4, 0.5) is 0 Å². The van der Waals surface area contributed by atoms with Crippen molar-refractivity contribution >= 4 is 82.2 Å². The summed E-state index contributed by atoms with van der Waals surface area (Å²) < 4.78 is 11.2. The van der Waals surface area contributed by atoms with E-state index in [0.717, 1.165) is 94.1 Å². The highest BCUT2D eigenvalue weighted by Gasteiger charge is 2.23. The van der Waals surface area contributed by atoms with Crippen LogP contribution in [-0.4, -0.2) is 23.9 Å². The number of imidazole rings is 1. The van der Waals surface area contributed by atoms with Crippen LogP contribution in [0.25, 0.3) is 122 Å². The molecule has 0 saturated heterocycles. The van der Waals surface area contributed by atoms with Gasteiger partial charge in [0.2, 0.25) is 0 Å². The zero-order valence-electron chi connectivity index (χ0n) is 31.5. The molecule has 0 radical (unpaired) electrons. The van der Waals surface area contributed by atoms with Crippen molar-refractivity contribution in [3.05, 3.63) is 188 Å². The predicted octanol–water partition coefficient (Wildman–Crippen LogP) is 13.6. The van der Waals surface area contributed by atoms with Gasteiger partial charge in [-0.15, -0.1) is 0 Å². The third kappa shape index (κ3) is 4.65. The van der Waals surface area contributed by atoms with Gasteiger partial charge in [0.25, 0.3) is 0 Å². The van der Waals surface area contributed by atoms with Crippen LogP contribution in [0.15, 0.2) is 192 Å². The van der Waals surface area contributed by atoms with E-state index in [4.69, 9.17) is 19.4 Å². The molecule has 0 aliphatic heterocycles. The van der Waals surface area contributed by atoms with Gasteiger partial charge in [0.15, 0.2) is 11.5 Å². The van der Waals surface area contributed by atoms with E-state index in [2.05, 4.69) is 173 Å². The normalized spacial score (nSPS) is 12.1. The first kappa shape index (κ1) is 32.0. The van der Waals surface area contributed by atoms with Gasteiger partial charge in [0.05, 0.1) is 33.3 Å². The average Bonchev–Trinajstić information content (AvgIpc) is 3.99. The summed E-state index contributed by atoms with van der Waals surface area (Å²) in [6.07, 6.45) is 0. The van der Waals surface area contributed by atoms with Gasteiger partial charge in [-0.3, -0.25) is 4.40 Å². The SMILES string of the molecule is c1ccc(-c2nc(-c3cccc4oc5ccc(-c6ccc7c(c6)c6ccccc6n7-c6ccccc6)cc5c34)nc3c2c2ccccc2n2c4ccccc4nc32)cc1. The highest BCUT2D eigenvalue weighted by Crippen LogP contribution is 2.42. The van der Waals surface area contributed by atoms with E-state index in [1.807, 2.05) is 24.3 Å². The minimum Gasteiger partial charge on any atom is -0.456 e. The number of para-hydroxylation sites is 5. The molecule has 5 aromatic heterocycles. The van der Waals surface area contributed by atoms with Gasteiger partial charge in [-0.25, -0.2) is 15.0 Å². The maximum Gasteiger partial charge on any atom is 0.165 e. The summed E-state index contributed by atoms with van der Waals surface area (Å²) in [6.45, 7) is 0. The number of rotatable bonds is 4. The fraction of sp³-hybridized carbons (Fsp3) is 0. The van der Waals surface area contributed by atoms with Crippen molar-refractivity contribution in [3.8, 4) is 39.5 Å². The summed E-state index contributed by atoms with van der Waals surface area (Å²) in [5.41, 5.74) is 14.8. The Morgan fingerprint density at radius 1 is 0.407 bits per heavy atom. The molecule has 0 aliphatic carbocycles. The lowest BCUT2D eigenvalue weighted by Gasteiger charge is -2.14. The van der Waals surface area contributed by atoms with Crippen molar-refractivity contribution in [2.45, 2.75) is 0 Å². The second-order valence-electron chi connectivity index (χ2n) is 15.2. The topological polar surface area (TPSA) is 61.2 Å². The lowest BCUT2D eigenvalue weighted by atomic mass is 9.98. The number of pyridine rings is 1. The molecule has 13 aromatic rings. The molecule has 13 rings (SSSR count). The number of aromatic nitrogens is 5. The summed E-state index contributed by atoms with van der Waals surface area (Å²) in [4.78, 5) is 16.2. The number of nitrogens with zero attached hydrogens (tertiary/aromatic N) is 5. The first-order valence-corrected chi connectivity index (χ1v) is 19.9. The minimum atomic E-state index is 0.620. The molecule has 6 nitrogen and oxygen atoms in total. The fourth-order valence-electron chi connectivity index (χ4n) is 9.31. The molecule has 0 unspecified atom stereocenters. The van der Waals surface area contributed by atoms with E-state index >= 15 is 0 Å². The number of fused-ring (bicyclic) bond motifs is 14. The van der Waals surface area contributed by atoms with E-state index in [1.165, 1.54) is 21.8 Å². The Morgan fingerprint density at radius 2 is 1.08 bits per heavy atom. The van der Waals surface area contributed by atoms with Crippen LogP contribution < -0.4 is 0 Å². The standard InChI is InChI=1S/C53H31N5O/c1-3-14-32(15-4-1)50-49-37-19-8-11-23-43(37)58-45-24-12-9-21-41(45)54-53(58)51(49)56-52(55-50)38-20-13-25-47-48(38)40-31-34(27-29-46(40)59-47)33-26-28-44-39(30-33)36-18-7-10-22-42(36)57(44)35-16-5-2-6-17-35/h1-31H. The maximum atomic E-state index is 6.58. The van der Waals surface area contributed by atoms with Crippen molar-refractivity contribution in [1.29, 1.82) is 0 Å². The molecule has 59 heavy (non-hydrogen) atoms. The van der Waals surface area contributed by atoms with Crippen molar-refractivity contribution in [2.24, 2.45) is 0 Å². The zero-order valence-corrected chi connectivity index (χ0v) is 31.5. The molecule has 274 valence electrons. The largest absolute Gasteiger partial charge is 0.456 e. The lowest BCUT2D eigenvalue weighted by Crippen LogP contribution is -2.00. The maximum absolute atomic E-state index is 6.58. The molecule has 5 heterocycles. The Bertz CT molecular complexity index is 3840. The van der Waals surface area contributed by atoms with Gasteiger partial charge in [-0.2, -0.15) is 0 Å². The molecule has 0 saturated carbocycles. The molecule has 0 N–H and O–H groups in total. The summed E-state index contributed by atoms with van der Waals surface area (Å²) in [7, 11) is 0. The van der Waals surface area contributed by atoms with Crippen LogP contribution in [0.2, 0.25) is 0 Å². The van der Waals surface area contributed by atoms with Crippen LogP contribution in [0.3, 0.4) is 0 Å². The summed E-state index contributed by atoms with van der Waals surface area (Å²) in [5.74, 6) is 0.620. The zero-order chi connectivity index (χ0) is 38.6. The monoisotopic (exact) mass is 753 g/mol. The summed E-state index contributed by atoms with van der Waals surface area (Å²) in [6, 6.07) is 66.0. The first-order chi connectivity index (χ1) is 29.3. The van der Waals surface area contributed by atoms with E-state index in [1.54, 1.807) is 0 Å². The second kappa shape index (κ2) is 12.2. The highest BCUT2D eigenvalue weighted by atomic mass is 16.3. The van der Waals surface area contributed by atoms with Crippen LogP contribution >= 0.6 is 0 Å². The smallest absolute Gasteiger partial charge is 0.165 e. The van der Waals surface area contributed by atoms with Crippen molar-refractivity contribution < 1.29 is 4.42 Å². The molecule has 0 atom stereocenters. The van der Waals surface area contributed by atoms with Crippen molar-refractivity contribution in [1.82, 2.24) is 23.9 Å². The number of benzene rings is 8. The molecular weight excluding hydrogens is 723 g/mol. The van der Waals surface area contributed by atoms with Crippen molar-refractivity contribution in [3.63, 3.8) is 0 Å². The molecule has 0 aliphatic rings. The summed E-state index contributed by atoms with van der Waals surface area (Å²) >= 11 is 0. The van der Waals surface area contributed by atoms with Crippen LogP contribution in [-0.2, 0) is 0 Å². The van der Waals surface area contributed by atoms with Gasteiger partial charge >= 0.3 is 0 Å². The molecule has 0 bridgehead atoms. The van der Waals surface area contributed by atoms with Crippen LogP contribution in [0, 0.1) is 0 Å². The van der Waals surface area contributed by atoms with Crippen LogP contribution in [0.5, 0.6) is 0 Å². The minimum absolute atomic E-state index is 0.620. The van der Waals surface area contributed by atoms with Gasteiger partial charge in [-0.05, 0) is 77.9 Å². The lowest BCUT2D eigenvalue weighted by molar-refractivity contribution is 0.669. The molecule has 6 heteroatoms. The molecule has 0 spiro atoms. The van der Waals surface area contributed by atoms with Gasteiger partial charge < -0.3 is 8.98 Å². The average molecular weight is 754 g/mol. The molecule has 8 aromatic carbocycles. The second-order valence-corrected chi connectivity index (χ2v) is 15.2. The fourth-order valence-corrected chi connectivity index (χ4v) is 9.31. The molecule has 0 amide bonds. The van der Waals surface area contributed by atoms with Gasteiger partial charge in [-0.1, -0.05) is 121 Å². The summed E-state index contributed by atoms with van der Waals surface area (Å²) in [5, 5.41) is 6.48. The third-order valence-electron chi connectivity index (χ3n) is 11.9. The van der Waals surface area contributed by atoms with Gasteiger partial charge in [0.1, 0.15) is 16.7 Å². The Hall–Kier alpha value is -8.09. The Labute approximate surface area is 336 Å². The van der Waals surface area contributed by atoms with E-state index in [9.17, 15) is 0 Å². The predicted molar refractivity (Wildman–Crippen MR) is 241 cm³/mol. The molecular formula is C53H31N5O. The van der Waals surface area contributed by atoms with E-state index in [0.29, 0.717) is 5.82 Å². The van der Waals surface area contributed by atoms with E-state index < -0.39 is 0 Å². The van der Waals surface area contributed by atoms with Gasteiger partial charge in [0, 0.05) is 49.1 Å². The van der Waals surface area contributed by atoms with Crippen molar-refractivity contribution in [2.75, 3.05) is 0 Å².